The van der Waals surface area contributed by atoms with Gasteiger partial charge in [0.2, 0.25) is 0 Å². The number of nitrogens with zero attached hydrogens (tertiary/aromatic N) is 2. The van der Waals surface area contributed by atoms with Crippen molar-refractivity contribution in [1.29, 1.82) is 0 Å². The van der Waals surface area contributed by atoms with E-state index in [0.29, 0.717) is 0 Å². The van der Waals surface area contributed by atoms with Crippen LogP contribution in [0.4, 0.5) is 22.7 Å². The van der Waals surface area contributed by atoms with Crippen molar-refractivity contribution in [3.05, 3.63) is 48.0 Å². The molecule has 1 aliphatic heterocycles. The van der Waals surface area contributed by atoms with Crippen LogP contribution < -0.4 is 9.80 Å². The monoisotopic (exact) mass is 434 g/mol. The minimum Gasteiger partial charge on any atom is -0.338 e. The van der Waals surface area contributed by atoms with Crippen LogP contribution in [0.5, 0.6) is 0 Å². The van der Waals surface area contributed by atoms with Gasteiger partial charge in [-0.25, -0.2) is 0 Å². The van der Waals surface area contributed by atoms with Gasteiger partial charge >= 0.3 is 0 Å². The van der Waals surface area contributed by atoms with E-state index in [4.69, 9.17) is 0 Å². The fraction of sp³-hybridized carbons (Fsp3) is 0.600. The summed E-state index contributed by atoms with van der Waals surface area (Å²) in [7, 11) is 0. The van der Waals surface area contributed by atoms with Crippen LogP contribution in [0.25, 0.3) is 0 Å². The zero-order chi connectivity index (χ0) is 23.5. The number of unbranched alkanes of at least 4 members (excludes halogenated alkanes) is 1. The maximum absolute atomic E-state index is 2.58. The van der Waals surface area contributed by atoms with E-state index in [2.05, 4.69) is 108 Å². The summed E-state index contributed by atoms with van der Waals surface area (Å²) in [6.45, 7) is 20.7. The van der Waals surface area contributed by atoms with E-state index in [-0.39, 0.29) is 10.8 Å². The second kappa shape index (κ2) is 9.89. The molecular weight excluding hydrogens is 388 g/mol. The highest BCUT2D eigenvalue weighted by molar-refractivity contribution is 5.93. The summed E-state index contributed by atoms with van der Waals surface area (Å²) in [5.74, 6) is 0.783. The molecule has 0 saturated heterocycles. The Hall–Kier alpha value is -1.96. The first kappa shape index (κ1) is 24.7. The van der Waals surface area contributed by atoms with Gasteiger partial charge in [0, 0.05) is 13.1 Å². The first-order chi connectivity index (χ1) is 15.0. The molecule has 0 fully saturated rings. The van der Waals surface area contributed by atoms with Crippen molar-refractivity contribution in [1.82, 2.24) is 0 Å². The van der Waals surface area contributed by atoms with E-state index < -0.39 is 0 Å². The minimum atomic E-state index is 0.208. The maximum atomic E-state index is 2.58. The molecule has 0 spiro atoms. The van der Waals surface area contributed by atoms with Crippen molar-refractivity contribution in [3.63, 3.8) is 0 Å². The van der Waals surface area contributed by atoms with Crippen molar-refractivity contribution >= 4 is 22.7 Å². The Bertz CT molecular complexity index is 884. The minimum absolute atomic E-state index is 0.208. The number of benzene rings is 2. The van der Waals surface area contributed by atoms with Crippen LogP contribution in [0.15, 0.2) is 42.5 Å². The average Bonchev–Trinajstić information content (AvgIpc) is 2.71. The number of fused-ring (bicyclic) bond motifs is 2. The van der Waals surface area contributed by atoms with Gasteiger partial charge in [0.1, 0.15) is 0 Å². The van der Waals surface area contributed by atoms with E-state index in [0.717, 1.165) is 19.0 Å². The topological polar surface area (TPSA) is 6.48 Å². The van der Waals surface area contributed by atoms with Crippen LogP contribution in [0.3, 0.4) is 0 Å². The maximum Gasteiger partial charge on any atom is 0.0655 e. The molecule has 2 aromatic rings. The Labute approximate surface area is 198 Å². The van der Waals surface area contributed by atoms with Crippen molar-refractivity contribution < 1.29 is 0 Å². The summed E-state index contributed by atoms with van der Waals surface area (Å²) in [5, 5.41) is 0. The summed E-state index contributed by atoms with van der Waals surface area (Å²) in [6, 6.07) is 16.3. The molecule has 0 N–H and O–H groups in total. The zero-order valence-corrected chi connectivity index (χ0v) is 22.0. The van der Waals surface area contributed by atoms with Crippen LogP contribution >= 0.6 is 0 Å². The SMILES string of the molecule is CCCCC(CC)Cc1ccc2c(c1)N(CC(C)(C)C)c1ccccc1N2CC(C)(C)C. The van der Waals surface area contributed by atoms with Crippen molar-refractivity contribution in [3.8, 4) is 0 Å². The fourth-order valence-corrected chi connectivity index (χ4v) is 4.89. The third kappa shape index (κ3) is 6.09. The lowest BCUT2D eigenvalue weighted by Crippen LogP contribution is -2.37. The molecule has 1 atom stereocenters. The molecule has 176 valence electrons. The molecule has 1 heterocycles. The van der Waals surface area contributed by atoms with Gasteiger partial charge in [0.25, 0.3) is 0 Å². The molecule has 2 nitrogen and oxygen atoms in total. The molecule has 2 aromatic carbocycles. The summed E-state index contributed by atoms with van der Waals surface area (Å²) in [4.78, 5) is 5.14. The zero-order valence-electron chi connectivity index (χ0n) is 22.0. The lowest BCUT2D eigenvalue weighted by Gasteiger charge is -2.44. The molecule has 0 radical (unpaired) electrons. The molecule has 0 bridgehead atoms. The Morgan fingerprint density at radius 1 is 0.719 bits per heavy atom. The molecule has 1 aliphatic rings. The van der Waals surface area contributed by atoms with Crippen LogP contribution in [0.2, 0.25) is 0 Å². The predicted molar refractivity (Wildman–Crippen MR) is 143 cm³/mol. The van der Waals surface area contributed by atoms with Crippen LogP contribution in [-0.2, 0) is 6.42 Å². The predicted octanol–water partition coefficient (Wildman–Crippen LogP) is 9.13. The smallest absolute Gasteiger partial charge is 0.0655 e. The molecular formula is C30H46N2. The van der Waals surface area contributed by atoms with Crippen LogP contribution in [0, 0.1) is 16.7 Å². The first-order valence-corrected chi connectivity index (χ1v) is 12.8. The van der Waals surface area contributed by atoms with Gasteiger partial charge in [-0.05, 0) is 53.0 Å². The normalized spacial score (nSPS) is 14.9. The number of rotatable bonds is 8. The lowest BCUT2D eigenvalue weighted by atomic mass is 9.89. The van der Waals surface area contributed by atoms with E-state index in [1.807, 2.05) is 0 Å². The molecule has 1 unspecified atom stereocenters. The third-order valence-corrected chi connectivity index (χ3v) is 6.42. The van der Waals surface area contributed by atoms with Crippen molar-refractivity contribution in [2.24, 2.45) is 16.7 Å². The van der Waals surface area contributed by atoms with Gasteiger partial charge in [-0.3, -0.25) is 0 Å². The Kier molecular flexibility index (Phi) is 7.63. The van der Waals surface area contributed by atoms with E-state index >= 15 is 0 Å². The van der Waals surface area contributed by atoms with Crippen LogP contribution in [-0.4, -0.2) is 13.1 Å². The van der Waals surface area contributed by atoms with E-state index in [1.54, 1.807) is 0 Å². The molecule has 3 rings (SSSR count). The second-order valence-corrected chi connectivity index (χ2v) is 12.2. The van der Waals surface area contributed by atoms with Crippen LogP contribution in [0.1, 0.15) is 86.6 Å². The van der Waals surface area contributed by atoms with Crippen molar-refractivity contribution in [2.45, 2.75) is 87.5 Å². The average molecular weight is 435 g/mol. The number of para-hydroxylation sites is 2. The highest BCUT2D eigenvalue weighted by atomic mass is 15.3. The molecule has 0 aromatic heterocycles. The quantitative estimate of drug-likeness (QED) is 0.408. The summed E-state index contributed by atoms with van der Waals surface area (Å²) < 4.78 is 0. The summed E-state index contributed by atoms with van der Waals surface area (Å²) in [6.07, 6.45) is 6.43. The Morgan fingerprint density at radius 3 is 1.75 bits per heavy atom. The number of hydrogen-bond acceptors (Lipinski definition) is 2. The number of hydrogen-bond donors (Lipinski definition) is 0. The van der Waals surface area contributed by atoms with E-state index in [1.165, 1.54) is 60.4 Å². The third-order valence-electron chi connectivity index (χ3n) is 6.42. The lowest BCUT2D eigenvalue weighted by molar-refractivity contribution is 0.416. The van der Waals surface area contributed by atoms with Gasteiger partial charge < -0.3 is 9.80 Å². The van der Waals surface area contributed by atoms with Crippen molar-refractivity contribution in [2.75, 3.05) is 22.9 Å². The molecule has 2 heteroatoms. The Balaban J connectivity index is 2.07. The molecule has 0 saturated carbocycles. The fourth-order valence-electron chi connectivity index (χ4n) is 4.89. The standard InChI is InChI=1S/C30H46N2/c1-9-11-14-23(10-2)19-24-17-18-27-28(20-24)32(22-30(6,7)8)26-16-13-12-15-25(26)31(27)21-29(3,4)5/h12-13,15-18,20,23H,9-11,14,19,21-22H2,1-8H3. The molecule has 0 amide bonds. The second-order valence-electron chi connectivity index (χ2n) is 12.2. The van der Waals surface area contributed by atoms with E-state index in [9.17, 15) is 0 Å². The Morgan fingerprint density at radius 2 is 1.25 bits per heavy atom. The molecule has 0 aliphatic carbocycles. The van der Waals surface area contributed by atoms with Gasteiger partial charge in [-0.2, -0.15) is 0 Å². The first-order valence-electron chi connectivity index (χ1n) is 12.8. The van der Waals surface area contributed by atoms with Gasteiger partial charge in [-0.15, -0.1) is 0 Å². The summed E-state index contributed by atoms with van der Waals surface area (Å²) in [5.41, 5.74) is 7.32. The highest BCUT2D eigenvalue weighted by Gasteiger charge is 2.32. The number of anilines is 4. The highest BCUT2D eigenvalue weighted by Crippen LogP contribution is 2.50. The van der Waals surface area contributed by atoms with Gasteiger partial charge in [0.15, 0.2) is 0 Å². The molecule has 32 heavy (non-hydrogen) atoms. The summed E-state index contributed by atoms with van der Waals surface area (Å²) >= 11 is 0. The van der Waals surface area contributed by atoms with Gasteiger partial charge in [0.05, 0.1) is 22.7 Å². The van der Waals surface area contributed by atoms with Gasteiger partial charge in [-0.1, -0.05) is 99.3 Å². The largest absolute Gasteiger partial charge is 0.338 e.